The molecular weight excluding hydrogens is 200 g/mol. The molecule has 0 radical (unpaired) electrons. The number of benzene rings is 1. The van der Waals surface area contributed by atoms with Crippen LogP contribution in [0, 0.1) is 0 Å². The Morgan fingerprint density at radius 1 is 1.43 bits per heavy atom. The highest BCUT2D eigenvalue weighted by atomic mass is 35.5. The third-order valence-corrected chi connectivity index (χ3v) is 2.62. The van der Waals surface area contributed by atoms with E-state index < -0.39 is 0 Å². The monoisotopic (exact) mass is 208 g/mol. The van der Waals surface area contributed by atoms with Crippen LogP contribution in [0.25, 0.3) is 6.08 Å². The number of hydrogen-bond acceptors (Lipinski definition) is 2. The quantitative estimate of drug-likeness (QED) is 0.721. The molecule has 72 valence electrons. The van der Waals surface area contributed by atoms with Gasteiger partial charge in [-0.15, -0.1) is 11.6 Å². The second-order valence-corrected chi connectivity index (χ2v) is 3.46. The van der Waals surface area contributed by atoms with Gasteiger partial charge in [-0.3, -0.25) is 4.79 Å². The van der Waals surface area contributed by atoms with Gasteiger partial charge in [-0.05, 0) is 17.7 Å². The highest BCUT2D eigenvalue weighted by Gasteiger charge is 2.17. The maximum absolute atomic E-state index is 11.5. The van der Waals surface area contributed by atoms with Gasteiger partial charge < -0.3 is 5.11 Å². The molecule has 0 bridgehead atoms. The lowest BCUT2D eigenvalue weighted by molar-refractivity contribution is 0.0994. The van der Waals surface area contributed by atoms with E-state index in [0.29, 0.717) is 17.5 Å². The van der Waals surface area contributed by atoms with E-state index >= 15 is 0 Å². The lowest BCUT2D eigenvalue weighted by Crippen LogP contribution is -2.06. The number of allylic oxidation sites excluding steroid dienone is 1. The Morgan fingerprint density at radius 3 is 2.93 bits per heavy atom. The van der Waals surface area contributed by atoms with Crippen molar-refractivity contribution in [1.82, 2.24) is 0 Å². The van der Waals surface area contributed by atoms with Crippen molar-refractivity contribution in [1.29, 1.82) is 0 Å². The second kappa shape index (κ2) is 3.46. The van der Waals surface area contributed by atoms with Gasteiger partial charge in [-0.1, -0.05) is 12.2 Å². The van der Waals surface area contributed by atoms with Crippen molar-refractivity contribution in [2.24, 2.45) is 0 Å². The maximum atomic E-state index is 11.5. The van der Waals surface area contributed by atoms with E-state index in [0.717, 1.165) is 5.56 Å². The van der Waals surface area contributed by atoms with Gasteiger partial charge in [-0.25, -0.2) is 0 Å². The minimum Gasteiger partial charge on any atom is -0.508 e. The van der Waals surface area contributed by atoms with Crippen LogP contribution < -0.4 is 0 Å². The summed E-state index contributed by atoms with van der Waals surface area (Å²) >= 11 is 5.71. The van der Waals surface area contributed by atoms with E-state index in [2.05, 4.69) is 0 Å². The summed E-state index contributed by atoms with van der Waals surface area (Å²) in [6.45, 7) is 0. The van der Waals surface area contributed by atoms with Crippen molar-refractivity contribution in [3.8, 4) is 5.75 Å². The summed E-state index contributed by atoms with van der Waals surface area (Å²) in [5.41, 5.74) is 2.05. The number of ketones is 1. The van der Waals surface area contributed by atoms with Crippen molar-refractivity contribution in [2.75, 3.05) is 0 Å². The normalized spacial score (nSPS) is 14.2. The highest BCUT2D eigenvalue weighted by Crippen LogP contribution is 2.30. The van der Waals surface area contributed by atoms with Gasteiger partial charge in [0.15, 0.2) is 5.78 Å². The van der Waals surface area contributed by atoms with E-state index in [1.54, 1.807) is 12.1 Å². The number of alkyl halides is 1. The highest BCUT2D eigenvalue weighted by molar-refractivity contribution is 6.18. The number of Topliss-reactive ketones (excluding diaryl/α,β-unsaturated/α-hetero) is 1. The third kappa shape index (κ3) is 1.32. The molecule has 1 aromatic carbocycles. The largest absolute Gasteiger partial charge is 0.508 e. The SMILES string of the molecule is O=C1CC=Cc2c1ccc(O)c2CCl. The van der Waals surface area contributed by atoms with Gasteiger partial charge in [0.1, 0.15) is 5.75 Å². The summed E-state index contributed by atoms with van der Waals surface area (Å²) in [6, 6.07) is 3.17. The average Bonchev–Trinajstić information content (AvgIpc) is 2.18. The lowest BCUT2D eigenvalue weighted by atomic mass is 9.92. The van der Waals surface area contributed by atoms with Gasteiger partial charge >= 0.3 is 0 Å². The van der Waals surface area contributed by atoms with Crippen LogP contribution in [0.3, 0.4) is 0 Å². The number of hydrogen-bond donors (Lipinski definition) is 1. The molecule has 2 nitrogen and oxygen atoms in total. The van der Waals surface area contributed by atoms with Gasteiger partial charge in [0, 0.05) is 17.5 Å². The van der Waals surface area contributed by atoms with Gasteiger partial charge in [0.2, 0.25) is 0 Å². The van der Waals surface area contributed by atoms with Crippen LogP contribution in [0.1, 0.15) is 27.9 Å². The Labute approximate surface area is 86.8 Å². The molecule has 0 heterocycles. The second-order valence-electron chi connectivity index (χ2n) is 3.19. The number of carbonyl (C=O) groups is 1. The number of phenols is 1. The van der Waals surface area contributed by atoms with Crippen LogP contribution in [0.2, 0.25) is 0 Å². The Hall–Kier alpha value is -1.28. The standard InChI is InChI=1S/C11H9ClO2/c12-6-9-7-2-1-3-10(13)8(7)4-5-11(9)14/h1-2,4-5,14H,3,6H2. The molecule has 0 aromatic heterocycles. The molecule has 3 heteroatoms. The van der Waals surface area contributed by atoms with E-state index in [1.807, 2.05) is 6.08 Å². The molecule has 0 unspecified atom stereocenters. The molecular formula is C11H9ClO2. The molecule has 1 N–H and O–H groups in total. The zero-order chi connectivity index (χ0) is 10.1. The number of carbonyl (C=O) groups excluding carboxylic acids is 1. The Balaban J connectivity index is 2.69. The van der Waals surface area contributed by atoms with Crippen molar-refractivity contribution in [3.05, 3.63) is 34.9 Å². The molecule has 0 amide bonds. The van der Waals surface area contributed by atoms with Crippen LogP contribution in [-0.2, 0) is 5.88 Å². The molecule has 1 aliphatic rings. The molecule has 14 heavy (non-hydrogen) atoms. The fourth-order valence-corrected chi connectivity index (χ4v) is 1.90. The zero-order valence-corrected chi connectivity index (χ0v) is 8.21. The molecule has 0 atom stereocenters. The Kier molecular flexibility index (Phi) is 2.30. The molecule has 2 rings (SSSR count). The number of aromatic hydroxyl groups is 1. The van der Waals surface area contributed by atoms with Gasteiger partial charge in [0.25, 0.3) is 0 Å². The molecule has 0 aliphatic heterocycles. The molecule has 0 saturated carbocycles. The summed E-state index contributed by atoms with van der Waals surface area (Å²) in [4.78, 5) is 11.5. The van der Waals surface area contributed by atoms with Crippen molar-refractivity contribution in [2.45, 2.75) is 12.3 Å². The van der Waals surface area contributed by atoms with E-state index in [1.165, 1.54) is 6.07 Å². The maximum Gasteiger partial charge on any atom is 0.167 e. The first-order valence-corrected chi connectivity index (χ1v) is 4.88. The number of phenolic OH excluding ortho intramolecular Hbond substituents is 1. The fraction of sp³-hybridized carbons (Fsp3) is 0.182. The third-order valence-electron chi connectivity index (χ3n) is 2.35. The number of rotatable bonds is 1. The molecule has 0 fully saturated rings. The van der Waals surface area contributed by atoms with Crippen LogP contribution in [0.4, 0.5) is 0 Å². The lowest BCUT2D eigenvalue weighted by Gasteiger charge is -2.13. The fourth-order valence-electron chi connectivity index (χ4n) is 1.62. The van der Waals surface area contributed by atoms with E-state index in [4.69, 9.17) is 11.6 Å². The van der Waals surface area contributed by atoms with E-state index in [-0.39, 0.29) is 17.4 Å². The van der Waals surface area contributed by atoms with Crippen LogP contribution in [0.5, 0.6) is 5.75 Å². The van der Waals surface area contributed by atoms with Gasteiger partial charge in [0.05, 0.1) is 5.88 Å². The number of fused-ring (bicyclic) bond motifs is 1. The van der Waals surface area contributed by atoms with Crippen LogP contribution in [-0.4, -0.2) is 10.9 Å². The first-order chi connectivity index (χ1) is 6.74. The van der Waals surface area contributed by atoms with Crippen LogP contribution in [0.15, 0.2) is 18.2 Å². The summed E-state index contributed by atoms with van der Waals surface area (Å²) in [6.07, 6.45) is 4.06. The van der Waals surface area contributed by atoms with E-state index in [9.17, 15) is 9.90 Å². The summed E-state index contributed by atoms with van der Waals surface area (Å²) < 4.78 is 0. The summed E-state index contributed by atoms with van der Waals surface area (Å²) in [7, 11) is 0. The number of halogens is 1. The Bertz CT molecular complexity index is 422. The minimum absolute atomic E-state index is 0.0777. The first kappa shape index (κ1) is 9.28. The Morgan fingerprint density at radius 2 is 2.21 bits per heavy atom. The smallest absolute Gasteiger partial charge is 0.167 e. The molecule has 1 aromatic rings. The average molecular weight is 209 g/mol. The zero-order valence-electron chi connectivity index (χ0n) is 7.46. The predicted molar refractivity (Wildman–Crippen MR) is 55.6 cm³/mol. The van der Waals surface area contributed by atoms with Crippen LogP contribution >= 0.6 is 11.6 Å². The summed E-state index contributed by atoms with van der Waals surface area (Å²) in [5, 5.41) is 9.52. The van der Waals surface area contributed by atoms with Crippen molar-refractivity contribution >= 4 is 23.5 Å². The van der Waals surface area contributed by atoms with Gasteiger partial charge in [-0.2, -0.15) is 0 Å². The topological polar surface area (TPSA) is 37.3 Å². The summed E-state index contributed by atoms with van der Waals surface area (Å²) in [5.74, 6) is 0.444. The molecule has 0 spiro atoms. The molecule has 1 aliphatic carbocycles. The minimum atomic E-state index is 0.0777. The van der Waals surface area contributed by atoms with Crippen molar-refractivity contribution in [3.63, 3.8) is 0 Å². The predicted octanol–water partition coefficient (Wildman–Crippen LogP) is 2.73. The van der Waals surface area contributed by atoms with Crippen molar-refractivity contribution < 1.29 is 9.90 Å². The molecule has 0 saturated heterocycles. The first-order valence-electron chi connectivity index (χ1n) is 4.34.